The third-order valence-corrected chi connectivity index (χ3v) is 4.96. The monoisotopic (exact) mass is 394 g/mol. The molecule has 3 aromatic heterocycles. The predicted octanol–water partition coefficient (Wildman–Crippen LogP) is 2.44. The van der Waals surface area contributed by atoms with E-state index < -0.39 is 11.6 Å². The minimum absolute atomic E-state index is 0.0312. The lowest BCUT2D eigenvalue weighted by atomic mass is 9.96. The molecule has 0 unspecified atom stereocenters. The van der Waals surface area contributed by atoms with Gasteiger partial charge in [-0.25, -0.2) is 28.7 Å². The first-order valence-corrected chi connectivity index (χ1v) is 9.08. The molecule has 0 fully saturated rings. The van der Waals surface area contributed by atoms with E-state index in [4.69, 9.17) is 0 Å². The van der Waals surface area contributed by atoms with Gasteiger partial charge in [-0.1, -0.05) is 0 Å². The maximum atomic E-state index is 15.1. The van der Waals surface area contributed by atoms with Crippen LogP contribution in [0.15, 0.2) is 24.7 Å². The van der Waals surface area contributed by atoms with Crippen LogP contribution in [0.25, 0.3) is 33.7 Å². The van der Waals surface area contributed by atoms with Gasteiger partial charge in [-0.15, -0.1) is 0 Å². The normalized spacial score (nSPS) is 13.5. The van der Waals surface area contributed by atoms with Crippen molar-refractivity contribution in [3.05, 3.63) is 47.4 Å². The van der Waals surface area contributed by atoms with Crippen molar-refractivity contribution in [2.24, 2.45) is 0 Å². The van der Waals surface area contributed by atoms with E-state index in [0.29, 0.717) is 58.9 Å². The van der Waals surface area contributed by atoms with Crippen LogP contribution in [-0.2, 0) is 13.0 Å². The van der Waals surface area contributed by atoms with Gasteiger partial charge in [0.25, 0.3) is 0 Å². The van der Waals surface area contributed by atoms with E-state index in [2.05, 4.69) is 40.8 Å². The molecule has 0 radical (unpaired) electrons. The largest absolute Gasteiger partial charge is 0.357 e. The number of benzene rings is 1. The van der Waals surface area contributed by atoms with Gasteiger partial charge in [-0.05, 0) is 24.6 Å². The Hall–Kier alpha value is -3.53. The van der Waals surface area contributed by atoms with Gasteiger partial charge >= 0.3 is 0 Å². The summed E-state index contributed by atoms with van der Waals surface area (Å²) in [5.41, 5.74) is 2.98. The average Bonchev–Trinajstić information content (AvgIpc) is 3.17. The van der Waals surface area contributed by atoms with Crippen molar-refractivity contribution in [2.75, 3.05) is 18.9 Å². The second-order valence-corrected chi connectivity index (χ2v) is 6.69. The first-order chi connectivity index (χ1) is 14.2. The highest BCUT2D eigenvalue weighted by atomic mass is 19.1. The molecule has 0 aliphatic carbocycles. The summed E-state index contributed by atoms with van der Waals surface area (Å²) in [6, 6.07) is 1.38. The van der Waals surface area contributed by atoms with Crippen molar-refractivity contribution in [3.8, 4) is 22.6 Å². The number of aromatic nitrogens is 6. The third kappa shape index (κ3) is 2.88. The molecule has 0 bridgehead atoms. The minimum atomic E-state index is -0.672. The molecule has 1 aliphatic heterocycles. The fourth-order valence-corrected chi connectivity index (χ4v) is 3.48. The van der Waals surface area contributed by atoms with E-state index >= 15 is 4.39 Å². The first-order valence-electron chi connectivity index (χ1n) is 9.08. The van der Waals surface area contributed by atoms with Gasteiger partial charge in [0, 0.05) is 37.1 Å². The first kappa shape index (κ1) is 17.6. The van der Waals surface area contributed by atoms with Crippen LogP contribution in [0.1, 0.15) is 11.1 Å². The van der Waals surface area contributed by atoms with Crippen molar-refractivity contribution in [1.29, 1.82) is 0 Å². The molecular formula is C19H16F2N8. The number of aromatic amines is 1. The predicted molar refractivity (Wildman–Crippen MR) is 103 cm³/mol. The Labute approximate surface area is 163 Å². The number of fused-ring (bicyclic) bond motifs is 2. The maximum absolute atomic E-state index is 15.1. The maximum Gasteiger partial charge on any atom is 0.222 e. The summed E-state index contributed by atoms with van der Waals surface area (Å²) in [5.74, 6) is -0.862. The molecule has 1 aromatic carbocycles. The van der Waals surface area contributed by atoms with Crippen LogP contribution in [-0.4, -0.2) is 43.7 Å². The molecule has 0 saturated carbocycles. The quantitative estimate of drug-likeness (QED) is 0.490. The molecule has 0 atom stereocenters. The zero-order valence-electron chi connectivity index (χ0n) is 15.4. The average molecular weight is 394 g/mol. The minimum Gasteiger partial charge on any atom is -0.357 e. The summed E-state index contributed by atoms with van der Waals surface area (Å²) < 4.78 is 29.9. The Morgan fingerprint density at radius 1 is 1.10 bits per heavy atom. The molecule has 10 heteroatoms. The van der Waals surface area contributed by atoms with Crippen molar-refractivity contribution < 1.29 is 8.78 Å². The number of nitrogens with zero attached hydrogens (tertiary/aromatic N) is 5. The van der Waals surface area contributed by atoms with E-state index in [1.54, 1.807) is 19.4 Å². The van der Waals surface area contributed by atoms with E-state index in [-0.39, 0.29) is 11.4 Å². The summed E-state index contributed by atoms with van der Waals surface area (Å²) in [5, 5.41) is 13.0. The summed E-state index contributed by atoms with van der Waals surface area (Å²) in [7, 11) is 1.72. The van der Waals surface area contributed by atoms with Gasteiger partial charge in [0.2, 0.25) is 5.95 Å². The number of anilines is 1. The number of H-pyrrole nitrogens is 1. The Kier molecular flexibility index (Phi) is 4.13. The van der Waals surface area contributed by atoms with Gasteiger partial charge in [0.1, 0.15) is 28.4 Å². The topological polar surface area (TPSA) is 104 Å². The SMILES string of the molecule is CNc1ncc(-c2n[nH]c3cnc(-c4c(F)cc5c(c4F)CNCC5)nc23)cn1. The van der Waals surface area contributed by atoms with Crippen LogP contribution >= 0.6 is 0 Å². The number of hydrogen-bond acceptors (Lipinski definition) is 7. The van der Waals surface area contributed by atoms with Gasteiger partial charge in [0.15, 0.2) is 5.82 Å². The number of halogens is 2. The Morgan fingerprint density at radius 2 is 1.93 bits per heavy atom. The zero-order chi connectivity index (χ0) is 20.0. The molecule has 5 rings (SSSR count). The molecule has 0 saturated heterocycles. The highest BCUT2D eigenvalue weighted by Gasteiger charge is 2.24. The molecule has 3 N–H and O–H groups in total. The summed E-state index contributed by atoms with van der Waals surface area (Å²) in [6.45, 7) is 1.04. The second kappa shape index (κ2) is 6.82. The summed E-state index contributed by atoms with van der Waals surface area (Å²) >= 11 is 0. The Morgan fingerprint density at radius 3 is 2.72 bits per heavy atom. The van der Waals surface area contributed by atoms with E-state index in [0.717, 1.165) is 0 Å². The van der Waals surface area contributed by atoms with Crippen molar-refractivity contribution >= 4 is 17.0 Å². The number of hydrogen-bond donors (Lipinski definition) is 3. The van der Waals surface area contributed by atoms with Crippen LogP contribution in [0.2, 0.25) is 0 Å². The highest BCUT2D eigenvalue weighted by molar-refractivity contribution is 5.89. The summed E-state index contributed by atoms with van der Waals surface area (Å²) in [6.07, 6.45) is 5.25. The highest BCUT2D eigenvalue weighted by Crippen LogP contribution is 2.32. The number of rotatable bonds is 3. The van der Waals surface area contributed by atoms with Crippen molar-refractivity contribution in [1.82, 2.24) is 35.5 Å². The van der Waals surface area contributed by atoms with Crippen molar-refractivity contribution in [3.63, 3.8) is 0 Å². The lowest BCUT2D eigenvalue weighted by Crippen LogP contribution is -2.25. The molecular weight excluding hydrogens is 378 g/mol. The van der Waals surface area contributed by atoms with Crippen LogP contribution in [0.5, 0.6) is 0 Å². The van der Waals surface area contributed by atoms with Crippen LogP contribution < -0.4 is 10.6 Å². The molecule has 1 aliphatic rings. The summed E-state index contributed by atoms with van der Waals surface area (Å²) in [4.78, 5) is 16.9. The van der Waals surface area contributed by atoms with Crippen molar-refractivity contribution in [2.45, 2.75) is 13.0 Å². The van der Waals surface area contributed by atoms with E-state index in [9.17, 15) is 4.39 Å². The van der Waals surface area contributed by atoms with Gasteiger partial charge in [0.05, 0.1) is 11.8 Å². The lowest BCUT2D eigenvalue weighted by Gasteiger charge is -2.19. The molecule has 8 nitrogen and oxygen atoms in total. The molecule has 4 aromatic rings. The van der Waals surface area contributed by atoms with Crippen LogP contribution in [0.3, 0.4) is 0 Å². The zero-order valence-corrected chi connectivity index (χ0v) is 15.4. The van der Waals surface area contributed by atoms with E-state index in [1.165, 1.54) is 12.3 Å². The second-order valence-electron chi connectivity index (χ2n) is 6.69. The van der Waals surface area contributed by atoms with Gasteiger partial charge < -0.3 is 10.6 Å². The molecule has 0 amide bonds. The Bertz CT molecular complexity index is 1220. The molecule has 0 spiro atoms. The lowest BCUT2D eigenvalue weighted by molar-refractivity contribution is 0.542. The smallest absolute Gasteiger partial charge is 0.222 e. The fourth-order valence-electron chi connectivity index (χ4n) is 3.48. The van der Waals surface area contributed by atoms with Crippen LogP contribution in [0, 0.1) is 11.6 Å². The van der Waals surface area contributed by atoms with Gasteiger partial charge in [-0.2, -0.15) is 5.10 Å². The van der Waals surface area contributed by atoms with E-state index in [1.807, 2.05) is 0 Å². The fraction of sp³-hybridized carbons (Fsp3) is 0.211. The third-order valence-electron chi connectivity index (χ3n) is 4.96. The molecule has 4 heterocycles. The molecule has 146 valence electrons. The van der Waals surface area contributed by atoms with Crippen LogP contribution in [0.4, 0.5) is 14.7 Å². The molecule has 29 heavy (non-hydrogen) atoms. The standard InChI is InChI=1S/C19H16F2N8/c1-22-19-25-5-10(6-26-19)16-17-13(28-29-16)8-24-18(27-17)14-12(20)4-9-2-3-23-7-11(9)15(14)21/h4-6,8,23H,2-3,7H2,1H3,(H,28,29)(H,22,25,26). The van der Waals surface area contributed by atoms with Gasteiger partial charge in [-0.3, -0.25) is 5.10 Å². The number of nitrogens with one attached hydrogen (secondary N) is 3. The Balaban J connectivity index is 1.65.